The Bertz CT molecular complexity index is 1240. The lowest BCUT2D eigenvalue weighted by molar-refractivity contribution is -0.143. The first-order valence-electron chi connectivity index (χ1n) is 10.4. The SMILES string of the molecule is COC(=O)C(NC(=O)c1ccccn1)c1c(-c2ccc(Cl)cc2)cccc1-c1ccc(Cl)cc1. The fourth-order valence-electron chi connectivity index (χ4n) is 3.71. The highest BCUT2D eigenvalue weighted by Gasteiger charge is 2.30. The highest BCUT2D eigenvalue weighted by Crippen LogP contribution is 2.38. The molecule has 5 nitrogen and oxygen atoms in total. The van der Waals surface area contributed by atoms with Crippen molar-refractivity contribution in [1.82, 2.24) is 10.3 Å². The van der Waals surface area contributed by atoms with Gasteiger partial charge in [-0.1, -0.05) is 71.7 Å². The number of rotatable bonds is 6. The molecule has 4 rings (SSSR count). The molecule has 1 heterocycles. The van der Waals surface area contributed by atoms with Gasteiger partial charge < -0.3 is 10.1 Å². The van der Waals surface area contributed by atoms with E-state index in [9.17, 15) is 9.59 Å². The van der Waals surface area contributed by atoms with Crippen molar-refractivity contribution < 1.29 is 14.3 Å². The van der Waals surface area contributed by atoms with Crippen LogP contribution in [0.1, 0.15) is 22.1 Å². The minimum absolute atomic E-state index is 0.188. The molecule has 0 radical (unpaired) electrons. The Morgan fingerprint density at radius 2 is 1.35 bits per heavy atom. The molecule has 0 spiro atoms. The van der Waals surface area contributed by atoms with Gasteiger partial charge in [0, 0.05) is 21.8 Å². The van der Waals surface area contributed by atoms with Crippen LogP contribution in [0.5, 0.6) is 0 Å². The molecule has 1 aromatic heterocycles. The van der Waals surface area contributed by atoms with Gasteiger partial charge in [0.15, 0.2) is 6.04 Å². The van der Waals surface area contributed by atoms with Gasteiger partial charge in [0.1, 0.15) is 5.69 Å². The highest BCUT2D eigenvalue weighted by molar-refractivity contribution is 6.31. The average Bonchev–Trinajstić information content (AvgIpc) is 2.88. The van der Waals surface area contributed by atoms with Crippen LogP contribution in [0.4, 0.5) is 0 Å². The van der Waals surface area contributed by atoms with Crippen molar-refractivity contribution in [2.24, 2.45) is 0 Å². The van der Waals surface area contributed by atoms with Crippen molar-refractivity contribution in [3.8, 4) is 22.3 Å². The van der Waals surface area contributed by atoms with E-state index in [0.29, 0.717) is 15.6 Å². The van der Waals surface area contributed by atoms with E-state index in [4.69, 9.17) is 27.9 Å². The number of benzene rings is 3. The van der Waals surface area contributed by atoms with E-state index in [0.717, 1.165) is 22.3 Å². The number of amides is 1. The maximum absolute atomic E-state index is 13.1. The van der Waals surface area contributed by atoms with Gasteiger partial charge in [-0.25, -0.2) is 4.79 Å². The van der Waals surface area contributed by atoms with Crippen LogP contribution in [0.3, 0.4) is 0 Å². The van der Waals surface area contributed by atoms with Crippen molar-refractivity contribution >= 4 is 35.1 Å². The number of pyridine rings is 1. The number of halogens is 2. The van der Waals surface area contributed by atoms with Gasteiger partial charge in [0.25, 0.3) is 5.91 Å². The first-order chi connectivity index (χ1) is 16.5. The number of nitrogens with one attached hydrogen (secondary N) is 1. The number of nitrogens with zero attached hydrogens (tertiary/aromatic N) is 1. The molecule has 0 saturated heterocycles. The Kier molecular flexibility index (Phi) is 7.26. The largest absolute Gasteiger partial charge is 0.467 e. The Hall–Kier alpha value is -3.67. The molecule has 4 aromatic rings. The minimum Gasteiger partial charge on any atom is -0.467 e. The molecule has 0 aliphatic carbocycles. The zero-order chi connectivity index (χ0) is 24.1. The third-order valence-electron chi connectivity index (χ3n) is 5.32. The zero-order valence-corrected chi connectivity index (χ0v) is 19.7. The maximum atomic E-state index is 13.1. The van der Waals surface area contributed by atoms with Gasteiger partial charge in [0.05, 0.1) is 7.11 Å². The van der Waals surface area contributed by atoms with Crippen molar-refractivity contribution in [3.05, 3.63) is 112 Å². The van der Waals surface area contributed by atoms with E-state index in [1.165, 1.54) is 13.3 Å². The average molecular weight is 491 g/mol. The summed E-state index contributed by atoms with van der Waals surface area (Å²) >= 11 is 12.2. The smallest absolute Gasteiger partial charge is 0.333 e. The van der Waals surface area contributed by atoms with E-state index in [-0.39, 0.29) is 5.69 Å². The van der Waals surface area contributed by atoms with Gasteiger partial charge >= 0.3 is 5.97 Å². The van der Waals surface area contributed by atoms with Crippen molar-refractivity contribution in [2.75, 3.05) is 7.11 Å². The second-order valence-electron chi connectivity index (χ2n) is 7.43. The fourth-order valence-corrected chi connectivity index (χ4v) is 3.96. The van der Waals surface area contributed by atoms with Gasteiger partial charge in [-0.05, 0) is 58.7 Å². The van der Waals surface area contributed by atoms with Crippen LogP contribution in [0.25, 0.3) is 22.3 Å². The molecular formula is C27H20Cl2N2O3. The molecule has 0 aliphatic rings. The van der Waals surface area contributed by atoms with Gasteiger partial charge in [-0.2, -0.15) is 0 Å². The molecule has 3 aromatic carbocycles. The minimum atomic E-state index is -1.10. The molecule has 34 heavy (non-hydrogen) atoms. The lowest BCUT2D eigenvalue weighted by atomic mass is 9.87. The molecule has 7 heteroatoms. The second kappa shape index (κ2) is 10.5. The number of esters is 1. The van der Waals surface area contributed by atoms with Crippen molar-refractivity contribution in [3.63, 3.8) is 0 Å². The number of methoxy groups -OCH3 is 1. The second-order valence-corrected chi connectivity index (χ2v) is 8.30. The third-order valence-corrected chi connectivity index (χ3v) is 5.82. The van der Waals surface area contributed by atoms with Crippen molar-refractivity contribution in [2.45, 2.75) is 6.04 Å². The van der Waals surface area contributed by atoms with E-state index in [1.54, 1.807) is 42.5 Å². The summed E-state index contributed by atoms with van der Waals surface area (Å²) in [5, 5.41) is 4.00. The molecule has 1 unspecified atom stereocenters. The Morgan fingerprint density at radius 1 is 0.794 bits per heavy atom. The monoisotopic (exact) mass is 490 g/mol. The number of hydrogen-bond acceptors (Lipinski definition) is 4. The Balaban J connectivity index is 1.91. The summed E-state index contributed by atoms with van der Waals surface area (Å²) in [7, 11) is 1.29. The topological polar surface area (TPSA) is 68.3 Å². The summed E-state index contributed by atoms with van der Waals surface area (Å²) in [5.41, 5.74) is 3.94. The van der Waals surface area contributed by atoms with Crippen LogP contribution in [0.2, 0.25) is 10.0 Å². The summed E-state index contributed by atoms with van der Waals surface area (Å²) in [4.78, 5) is 30.2. The van der Waals surface area contributed by atoms with Crippen LogP contribution < -0.4 is 5.32 Å². The van der Waals surface area contributed by atoms with Crippen LogP contribution in [-0.2, 0) is 9.53 Å². The van der Waals surface area contributed by atoms with Crippen LogP contribution in [-0.4, -0.2) is 24.0 Å². The van der Waals surface area contributed by atoms with Gasteiger partial charge in [0.2, 0.25) is 0 Å². The fraction of sp³-hybridized carbons (Fsp3) is 0.0741. The van der Waals surface area contributed by atoms with E-state index >= 15 is 0 Å². The molecule has 1 atom stereocenters. The number of hydrogen-bond donors (Lipinski definition) is 1. The standard InChI is InChI=1S/C27H20Cl2N2O3/c1-34-27(33)25(31-26(32)23-7-2-3-16-30-23)24-21(17-8-12-19(28)13-9-17)5-4-6-22(24)18-10-14-20(29)15-11-18/h2-16,25H,1H3,(H,31,32). The zero-order valence-electron chi connectivity index (χ0n) is 18.2. The van der Waals surface area contributed by atoms with Gasteiger partial charge in [-0.3, -0.25) is 9.78 Å². The molecule has 0 fully saturated rings. The van der Waals surface area contributed by atoms with E-state index < -0.39 is 17.9 Å². The third kappa shape index (κ3) is 5.11. The molecule has 0 saturated carbocycles. The summed E-state index contributed by atoms with van der Waals surface area (Å²) < 4.78 is 5.11. The molecule has 1 amide bonds. The number of aromatic nitrogens is 1. The highest BCUT2D eigenvalue weighted by atomic mass is 35.5. The molecule has 1 N–H and O–H groups in total. The number of carbonyl (C=O) groups excluding carboxylic acids is 2. The summed E-state index contributed by atoms with van der Waals surface area (Å²) in [6, 6.07) is 24.1. The van der Waals surface area contributed by atoms with Crippen molar-refractivity contribution in [1.29, 1.82) is 0 Å². The van der Waals surface area contributed by atoms with Crippen LogP contribution >= 0.6 is 23.2 Å². The predicted molar refractivity (Wildman–Crippen MR) is 134 cm³/mol. The Labute approximate surface area is 207 Å². The number of carbonyl (C=O) groups is 2. The summed E-state index contributed by atoms with van der Waals surface area (Å²) in [6.07, 6.45) is 1.52. The first kappa shape index (κ1) is 23.5. The first-order valence-corrected chi connectivity index (χ1v) is 11.2. The van der Waals surface area contributed by atoms with E-state index in [2.05, 4.69) is 10.3 Å². The van der Waals surface area contributed by atoms with Gasteiger partial charge in [-0.15, -0.1) is 0 Å². The summed E-state index contributed by atoms with van der Waals surface area (Å²) in [5.74, 6) is -1.11. The summed E-state index contributed by atoms with van der Waals surface area (Å²) in [6.45, 7) is 0. The number of ether oxygens (including phenoxy) is 1. The lowest BCUT2D eigenvalue weighted by Gasteiger charge is -2.23. The molecule has 0 aliphatic heterocycles. The normalized spacial score (nSPS) is 11.5. The maximum Gasteiger partial charge on any atom is 0.333 e. The molecule has 0 bridgehead atoms. The van der Waals surface area contributed by atoms with E-state index in [1.807, 2.05) is 42.5 Å². The van der Waals surface area contributed by atoms with Crippen LogP contribution in [0, 0.1) is 0 Å². The quantitative estimate of drug-likeness (QED) is 0.319. The molecular weight excluding hydrogens is 471 g/mol. The Morgan fingerprint density at radius 3 is 1.82 bits per heavy atom. The van der Waals surface area contributed by atoms with Crippen LogP contribution in [0.15, 0.2) is 91.1 Å². The lowest BCUT2D eigenvalue weighted by Crippen LogP contribution is -2.35. The molecule has 170 valence electrons. The predicted octanol–water partition coefficient (Wildman–Crippen LogP) is 6.37.